The molecule has 108 heavy (non-hydrogen) atoms. The van der Waals surface area contributed by atoms with Gasteiger partial charge in [0.15, 0.2) is 42.9 Å². The summed E-state index contributed by atoms with van der Waals surface area (Å²) in [5.74, 6) is 6.26. The van der Waals surface area contributed by atoms with Gasteiger partial charge in [0, 0.05) is 93.1 Å². The van der Waals surface area contributed by atoms with E-state index in [0.29, 0.717) is 40.4 Å². The number of benzene rings is 7. The van der Waals surface area contributed by atoms with Crippen molar-refractivity contribution in [2.24, 2.45) is 0 Å². The first-order chi connectivity index (χ1) is 52.0. The summed E-state index contributed by atoms with van der Waals surface area (Å²) >= 11 is 0. The van der Waals surface area contributed by atoms with E-state index in [1.54, 1.807) is 0 Å². The number of nitrogens with zero attached hydrogens (tertiary/aromatic N) is 6. The minimum Gasteiger partial charge on any atom is -0.435 e. The van der Waals surface area contributed by atoms with Gasteiger partial charge in [-0.05, 0) is 132 Å². The summed E-state index contributed by atoms with van der Waals surface area (Å²) < 4.78 is 49.0. The van der Waals surface area contributed by atoms with Crippen LogP contribution in [0.25, 0.3) is 78.7 Å². The third-order valence-electron chi connectivity index (χ3n) is 20.7. The summed E-state index contributed by atoms with van der Waals surface area (Å²) in [4.78, 5) is 0. The number of para-hydroxylation sites is 6. The van der Waals surface area contributed by atoms with E-state index in [0.717, 1.165) is 45.6 Å². The first-order valence-corrected chi connectivity index (χ1v) is 48.0. The third-order valence-corrected chi connectivity index (χ3v) is 26.7. The molecule has 6 aliphatic heterocycles. The van der Waals surface area contributed by atoms with Crippen LogP contribution in [0, 0.1) is 41.5 Å². The molecule has 0 unspecified atom stereocenters. The number of rotatable bonds is 4. The fourth-order valence-corrected chi connectivity index (χ4v) is 19.6. The van der Waals surface area contributed by atoms with Crippen molar-refractivity contribution in [1.29, 1.82) is 0 Å². The van der Waals surface area contributed by atoms with Crippen LogP contribution >= 0.6 is 0 Å². The Morgan fingerprint density at radius 2 is 0.528 bits per heavy atom. The number of aryl methyl sites for hydroxylation is 6. The predicted octanol–water partition coefficient (Wildman–Crippen LogP) is 17.1. The SMILES string of the molecule is C[Si](C)(C)c1cccc2c1OC[n+]1c-2cccc1[Si](C)(C)C.C[Si](C)(C)c1cccc2c1OC[n+]1ccccc1-2.Cc1cccc2[n+]1COc1c(-c3ccccc3)cccc1-2.Cc1cccc2c1OC[n+]1c(C)cccc1-2.Cc1cccc2c1OC[n+]1c(C)cccc1-2.Cc1cccc2c1OC[n+]1ccccc1-2. The number of ether oxygens (including phenoxy) is 6. The zero-order chi connectivity index (χ0) is 75.6. The van der Waals surface area contributed by atoms with Gasteiger partial charge in [-0.1, -0.05) is 162 Å². The van der Waals surface area contributed by atoms with Gasteiger partial charge in [0.1, 0.15) is 34.5 Å². The maximum atomic E-state index is 6.26. The Hall–Kier alpha value is -11.1. The van der Waals surface area contributed by atoms with Crippen LogP contribution in [0.3, 0.4) is 0 Å². The smallest absolute Gasteiger partial charge is 0.292 e. The summed E-state index contributed by atoms with van der Waals surface area (Å²) in [5, 5.41) is 4.29. The molecule has 0 N–H and O–H groups in total. The van der Waals surface area contributed by atoms with Gasteiger partial charge < -0.3 is 28.4 Å². The Kier molecular flexibility index (Phi) is 21.2. The molecule has 19 rings (SSSR count). The molecular weight excluding hydrogens is 1380 g/mol. The highest BCUT2D eigenvalue weighted by atomic mass is 28.3. The second-order valence-electron chi connectivity index (χ2n) is 31.4. The van der Waals surface area contributed by atoms with Crippen molar-refractivity contribution >= 4 is 39.9 Å². The number of pyridine rings is 6. The normalized spacial score (nSPS) is 13.0. The molecule has 13 aromatic rings. The average molecular weight is 1480 g/mol. The summed E-state index contributed by atoms with van der Waals surface area (Å²) in [6.45, 7) is 37.6. The highest BCUT2D eigenvalue weighted by Gasteiger charge is 2.37. The van der Waals surface area contributed by atoms with Gasteiger partial charge in [-0.25, -0.2) is 0 Å². The Bertz CT molecular complexity index is 5260. The van der Waals surface area contributed by atoms with Crippen molar-refractivity contribution in [3.8, 4) is 113 Å². The van der Waals surface area contributed by atoms with Crippen LogP contribution in [0.15, 0.2) is 261 Å². The zero-order valence-corrected chi connectivity index (χ0v) is 68.2. The van der Waals surface area contributed by atoms with Crippen LogP contribution in [0.1, 0.15) is 33.8 Å². The van der Waals surface area contributed by atoms with Gasteiger partial charge in [-0.3, -0.25) is 0 Å². The minimum atomic E-state index is -1.41. The number of fused-ring (bicyclic) bond motifs is 18. The molecule has 12 nitrogen and oxygen atoms in total. The first-order valence-electron chi connectivity index (χ1n) is 37.5. The zero-order valence-electron chi connectivity index (χ0n) is 65.2. The molecule has 6 aromatic heterocycles. The van der Waals surface area contributed by atoms with E-state index < -0.39 is 24.2 Å². The van der Waals surface area contributed by atoms with E-state index in [2.05, 4.69) is 365 Å². The second kappa shape index (κ2) is 31.0. The Morgan fingerprint density at radius 1 is 0.231 bits per heavy atom. The largest absolute Gasteiger partial charge is 0.435 e. The summed E-state index contributed by atoms with van der Waals surface area (Å²) in [6.07, 6.45) is 4.11. The molecule has 0 amide bonds. The molecule has 0 fully saturated rings. The molecule has 544 valence electrons. The molecule has 15 heteroatoms. The average Bonchev–Trinajstić information content (AvgIpc) is 0.773. The molecule has 6 aliphatic rings. The van der Waals surface area contributed by atoms with Gasteiger partial charge >= 0.3 is 0 Å². The van der Waals surface area contributed by atoms with Crippen LogP contribution < -0.4 is 71.5 Å². The van der Waals surface area contributed by atoms with Gasteiger partial charge in [-0.15, -0.1) is 0 Å². The van der Waals surface area contributed by atoms with Gasteiger partial charge in [0.25, 0.3) is 40.4 Å². The van der Waals surface area contributed by atoms with Gasteiger partial charge in [0.2, 0.25) is 34.2 Å². The molecule has 0 spiro atoms. The van der Waals surface area contributed by atoms with Crippen LogP contribution in [0.5, 0.6) is 34.5 Å². The van der Waals surface area contributed by atoms with Crippen molar-refractivity contribution in [2.75, 3.05) is 0 Å². The third kappa shape index (κ3) is 15.2. The van der Waals surface area contributed by atoms with Crippen LogP contribution in [0.2, 0.25) is 58.9 Å². The number of hydrogen-bond donors (Lipinski definition) is 0. The first kappa shape index (κ1) is 73.8. The van der Waals surface area contributed by atoms with Crippen molar-refractivity contribution in [3.63, 3.8) is 0 Å². The van der Waals surface area contributed by atoms with Crippen molar-refractivity contribution in [1.82, 2.24) is 0 Å². The van der Waals surface area contributed by atoms with Gasteiger partial charge in [-0.2, -0.15) is 27.4 Å². The maximum Gasteiger partial charge on any atom is 0.292 e. The highest BCUT2D eigenvalue weighted by molar-refractivity contribution is 6.90. The summed E-state index contributed by atoms with van der Waals surface area (Å²) in [6, 6.07) is 87.0. The molecule has 0 saturated heterocycles. The molecule has 0 aliphatic carbocycles. The van der Waals surface area contributed by atoms with Crippen LogP contribution in [0.4, 0.5) is 0 Å². The van der Waals surface area contributed by atoms with E-state index in [-0.39, 0.29) is 0 Å². The van der Waals surface area contributed by atoms with Crippen molar-refractivity contribution in [2.45, 2.75) is 141 Å². The van der Waals surface area contributed by atoms with E-state index in [1.165, 1.54) is 117 Å². The standard InChI is InChI=1S/C19H16NO.C18H26NOSi2.C15H18NOSi.2C14H14NO.C13H12NO/c1-14-7-5-12-18-17-11-6-10-16(15-8-3-2-4-9-15)19(17)21-13-20(14)18;1-21(2,3)16-11-7-9-14-15-10-8-12-17(22(4,5)6)19(15)13-20-18(14)16;1-18(2,3)14-9-6-7-12-13-8-4-5-10-16(13)11-17-15(12)14;2*1-10-5-3-7-12-13-8-4-6-11(2)15(13)9-16-14(10)12;1-10-5-4-6-11-12-7-2-3-8-14(12)9-15-13(10)11/h2-12H,13H2,1H3;7-12H,13H2,1-6H3;4-10H,11H2,1-3H3;2*3-8H,9H2,1-2H3;2-8H,9H2,1H3/q6*+1. The second-order valence-corrected chi connectivity index (χ2v) is 46.5. The Balaban J connectivity index is 0.000000109. The lowest BCUT2D eigenvalue weighted by atomic mass is 9.98. The van der Waals surface area contributed by atoms with E-state index in [4.69, 9.17) is 28.4 Å². The van der Waals surface area contributed by atoms with E-state index in [9.17, 15) is 0 Å². The van der Waals surface area contributed by atoms with E-state index in [1.807, 2.05) is 24.4 Å². The maximum absolute atomic E-state index is 6.26. The summed E-state index contributed by atoms with van der Waals surface area (Å²) in [5.41, 5.74) is 24.3. The predicted molar refractivity (Wildman–Crippen MR) is 439 cm³/mol. The lowest BCUT2D eigenvalue weighted by Gasteiger charge is -2.26. The van der Waals surface area contributed by atoms with E-state index >= 15 is 0 Å². The van der Waals surface area contributed by atoms with Crippen molar-refractivity contribution < 1.29 is 55.8 Å². The lowest BCUT2D eigenvalue weighted by Crippen LogP contribution is -2.63. The minimum absolute atomic E-state index is 0.568. The fraction of sp³-hybridized carbons (Fsp3) is 0.226. The number of aromatic nitrogens is 6. The molecule has 7 aromatic carbocycles. The Morgan fingerprint density at radius 3 is 0.963 bits per heavy atom. The fourth-order valence-electron chi connectivity index (χ4n) is 15.0. The van der Waals surface area contributed by atoms with Gasteiger partial charge in [0.05, 0.1) is 49.5 Å². The van der Waals surface area contributed by atoms with Crippen LogP contribution in [-0.2, 0) is 40.4 Å². The molecule has 0 bridgehead atoms. The molecule has 0 saturated carbocycles. The molecular formula is C93H100N6O6Si3+6. The summed E-state index contributed by atoms with van der Waals surface area (Å²) in [7, 11) is -4.17. The molecule has 0 radical (unpaired) electrons. The lowest BCUT2D eigenvalue weighted by molar-refractivity contribution is -0.723. The quantitative estimate of drug-likeness (QED) is 0.129. The Labute approximate surface area is 640 Å². The topological polar surface area (TPSA) is 78.7 Å². The number of hydrogen-bond acceptors (Lipinski definition) is 6. The molecule has 12 heterocycles. The van der Waals surface area contributed by atoms with Crippen LogP contribution in [-0.4, -0.2) is 24.2 Å². The monoisotopic (exact) mass is 1480 g/mol. The highest BCUT2D eigenvalue weighted by Crippen LogP contribution is 2.41. The molecule has 0 atom stereocenters. The van der Waals surface area contributed by atoms with Crippen molar-refractivity contribution in [3.05, 3.63) is 295 Å².